The summed E-state index contributed by atoms with van der Waals surface area (Å²) in [7, 11) is 0. The highest BCUT2D eigenvalue weighted by Crippen LogP contribution is 2.12. The topological polar surface area (TPSA) is 197 Å². The van der Waals surface area contributed by atoms with Gasteiger partial charge in [-0.2, -0.15) is 0 Å². The minimum Gasteiger partial charge on any atom is -0.480 e. The molecular formula is C22H42N4O7. The largest absolute Gasteiger partial charge is 0.480 e. The second kappa shape index (κ2) is 13.5. The van der Waals surface area contributed by atoms with Crippen molar-refractivity contribution in [3.05, 3.63) is 0 Å². The van der Waals surface area contributed by atoms with Crippen molar-refractivity contribution in [1.82, 2.24) is 5.32 Å². The number of hydrogen-bond acceptors (Lipinski definition) is 9. The van der Waals surface area contributed by atoms with E-state index in [1.165, 1.54) is 0 Å². The Kier molecular flexibility index (Phi) is 12.5. The normalized spacial score (nSPS) is 15.7. The van der Waals surface area contributed by atoms with Crippen molar-refractivity contribution in [3.8, 4) is 0 Å². The maximum atomic E-state index is 12.3. The number of rotatable bonds is 13. The quantitative estimate of drug-likeness (QED) is 0.235. The zero-order valence-corrected chi connectivity index (χ0v) is 20.7. The van der Waals surface area contributed by atoms with Crippen molar-refractivity contribution < 1.29 is 33.8 Å². The number of nitrogens with one attached hydrogen (secondary N) is 1. The molecule has 8 N–H and O–H groups in total. The van der Waals surface area contributed by atoms with Crippen LogP contribution in [-0.2, 0) is 28.7 Å². The monoisotopic (exact) mass is 474 g/mol. The van der Waals surface area contributed by atoms with Crippen LogP contribution < -0.4 is 22.5 Å². The van der Waals surface area contributed by atoms with E-state index in [9.17, 15) is 24.3 Å². The minimum atomic E-state index is -1.21. The van der Waals surface area contributed by atoms with Crippen molar-refractivity contribution in [2.24, 2.45) is 17.2 Å². The Bertz CT molecular complexity index is 671. The van der Waals surface area contributed by atoms with Crippen LogP contribution in [0, 0.1) is 0 Å². The summed E-state index contributed by atoms with van der Waals surface area (Å²) in [6.07, 6.45) is 1.46. The second-order valence-corrected chi connectivity index (χ2v) is 10.1. The molecule has 1 amide bonds. The van der Waals surface area contributed by atoms with E-state index in [1.807, 2.05) is 0 Å². The summed E-state index contributed by atoms with van der Waals surface area (Å²) in [6, 6.07) is -3.84. The summed E-state index contributed by atoms with van der Waals surface area (Å²) in [5.41, 5.74) is 16.2. The molecule has 0 radical (unpaired) electrons. The summed E-state index contributed by atoms with van der Waals surface area (Å²) >= 11 is 0. The molecule has 0 saturated carbocycles. The van der Waals surface area contributed by atoms with Crippen LogP contribution in [0.2, 0.25) is 0 Å². The number of ether oxygens (including phenoxy) is 2. The van der Waals surface area contributed by atoms with Crippen LogP contribution in [0.25, 0.3) is 0 Å². The van der Waals surface area contributed by atoms with Crippen LogP contribution >= 0.6 is 0 Å². The fourth-order valence-electron chi connectivity index (χ4n) is 2.76. The molecule has 0 bridgehead atoms. The lowest BCUT2D eigenvalue weighted by Crippen LogP contribution is -2.48. The molecule has 33 heavy (non-hydrogen) atoms. The third-order valence-electron chi connectivity index (χ3n) is 4.41. The number of carbonyl (C=O) groups excluding carboxylic acids is 3. The zero-order valence-electron chi connectivity index (χ0n) is 20.7. The molecule has 0 heterocycles. The van der Waals surface area contributed by atoms with E-state index in [0.717, 1.165) is 0 Å². The standard InChI is InChI=1S/C22H42N4O7/c1-21(2,3)32-19(30)14(24)10-7-9-13(23)17(27)26-16(18(28)29)12-8-11-15(25)20(31)33-22(4,5)6/h13-16H,7-12,23-25H2,1-6H3,(H,26,27)(H,28,29)/t13-,14?,15?,16-/m0/s1. The smallest absolute Gasteiger partial charge is 0.326 e. The van der Waals surface area contributed by atoms with Crippen molar-refractivity contribution >= 4 is 23.8 Å². The summed E-state index contributed by atoms with van der Waals surface area (Å²) in [5.74, 6) is -2.93. The van der Waals surface area contributed by atoms with E-state index in [2.05, 4.69) is 5.32 Å². The van der Waals surface area contributed by atoms with Crippen LogP contribution in [0.5, 0.6) is 0 Å². The van der Waals surface area contributed by atoms with Crippen LogP contribution in [0.3, 0.4) is 0 Å². The van der Waals surface area contributed by atoms with Gasteiger partial charge in [0.25, 0.3) is 0 Å². The Morgan fingerprint density at radius 1 is 0.727 bits per heavy atom. The van der Waals surface area contributed by atoms with Gasteiger partial charge in [0.05, 0.1) is 6.04 Å². The number of nitrogens with two attached hydrogens (primary N) is 3. The minimum absolute atomic E-state index is 0.0772. The first-order valence-electron chi connectivity index (χ1n) is 11.2. The maximum absolute atomic E-state index is 12.3. The van der Waals surface area contributed by atoms with Gasteiger partial charge in [0.15, 0.2) is 0 Å². The molecule has 0 aromatic heterocycles. The van der Waals surface area contributed by atoms with E-state index in [-0.39, 0.29) is 32.1 Å². The molecule has 0 aliphatic heterocycles. The van der Waals surface area contributed by atoms with Crippen LogP contribution in [0.15, 0.2) is 0 Å². The lowest BCUT2D eigenvalue weighted by Gasteiger charge is -2.23. The van der Waals surface area contributed by atoms with Crippen molar-refractivity contribution in [2.75, 3.05) is 0 Å². The van der Waals surface area contributed by atoms with Gasteiger partial charge in [0.1, 0.15) is 29.3 Å². The molecule has 0 spiro atoms. The van der Waals surface area contributed by atoms with E-state index >= 15 is 0 Å². The van der Waals surface area contributed by atoms with Crippen LogP contribution in [0.4, 0.5) is 0 Å². The highest BCUT2D eigenvalue weighted by atomic mass is 16.6. The Morgan fingerprint density at radius 2 is 1.09 bits per heavy atom. The van der Waals surface area contributed by atoms with Crippen molar-refractivity contribution in [2.45, 2.75) is 115 Å². The maximum Gasteiger partial charge on any atom is 0.326 e. The number of amides is 1. The molecule has 11 heteroatoms. The van der Waals surface area contributed by atoms with E-state index in [0.29, 0.717) is 6.42 Å². The molecule has 0 aromatic carbocycles. The van der Waals surface area contributed by atoms with Gasteiger partial charge in [-0.3, -0.25) is 14.4 Å². The molecule has 4 atom stereocenters. The van der Waals surface area contributed by atoms with E-state index < -0.39 is 59.2 Å². The van der Waals surface area contributed by atoms with Crippen molar-refractivity contribution in [1.29, 1.82) is 0 Å². The molecule has 192 valence electrons. The zero-order chi connectivity index (χ0) is 26.0. The first kappa shape index (κ1) is 30.8. The van der Waals surface area contributed by atoms with Gasteiger partial charge in [0, 0.05) is 0 Å². The molecular weight excluding hydrogens is 432 g/mol. The average molecular weight is 475 g/mol. The summed E-state index contributed by atoms with van der Waals surface area (Å²) < 4.78 is 10.4. The molecule has 0 rings (SSSR count). The van der Waals surface area contributed by atoms with Gasteiger partial charge in [-0.25, -0.2) is 4.79 Å². The number of carbonyl (C=O) groups is 4. The highest BCUT2D eigenvalue weighted by Gasteiger charge is 2.26. The SMILES string of the molecule is CC(C)(C)OC(=O)C(N)CCC[C@H](NC(=O)[C@@H](N)CCCC(N)C(=O)OC(C)(C)C)C(=O)O. The van der Waals surface area contributed by atoms with Gasteiger partial charge >= 0.3 is 17.9 Å². The predicted octanol–water partition coefficient (Wildman–Crippen LogP) is 0.562. The predicted molar refractivity (Wildman–Crippen MR) is 123 cm³/mol. The molecule has 0 fully saturated rings. The first-order chi connectivity index (χ1) is 14.9. The Balaban J connectivity index is 4.48. The van der Waals surface area contributed by atoms with Gasteiger partial charge in [-0.1, -0.05) is 0 Å². The fourth-order valence-corrected chi connectivity index (χ4v) is 2.76. The third kappa shape index (κ3) is 14.5. The number of aliphatic carboxylic acids is 1. The lowest BCUT2D eigenvalue weighted by molar-refractivity contribution is -0.157. The summed E-state index contributed by atoms with van der Waals surface area (Å²) in [5, 5.41) is 11.8. The molecule has 0 aliphatic carbocycles. The van der Waals surface area contributed by atoms with Gasteiger partial charge in [-0.15, -0.1) is 0 Å². The Morgan fingerprint density at radius 3 is 1.45 bits per heavy atom. The number of esters is 2. The van der Waals surface area contributed by atoms with E-state index in [4.69, 9.17) is 26.7 Å². The van der Waals surface area contributed by atoms with E-state index in [1.54, 1.807) is 41.5 Å². The van der Waals surface area contributed by atoms with Gasteiger partial charge < -0.3 is 37.1 Å². The molecule has 0 saturated heterocycles. The summed E-state index contributed by atoms with van der Waals surface area (Å²) in [6.45, 7) is 10.4. The first-order valence-corrected chi connectivity index (χ1v) is 11.2. The second-order valence-electron chi connectivity index (χ2n) is 10.1. The van der Waals surface area contributed by atoms with Gasteiger partial charge in [-0.05, 0) is 80.1 Å². The molecule has 0 aromatic rings. The molecule has 11 nitrogen and oxygen atoms in total. The third-order valence-corrected chi connectivity index (χ3v) is 4.41. The fraction of sp³-hybridized carbons (Fsp3) is 0.818. The van der Waals surface area contributed by atoms with Crippen LogP contribution in [0.1, 0.15) is 80.1 Å². The van der Waals surface area contributed by atoms with Gasteiger partial charge in [0.2, 0.25) is 5.91 Å². The average Bonchev–Trinajstić information content (AvgIpc) is 2.63. The Labute approximate surface area is 196 Å². The summed E-state index contributed by atoms with van der Waals surface area (Å²) in [4.78, 5) is 47.6. The highest BCUT2D eigenvalue weighted by molar-refractivity contribution is 5.86. The Hall–Kier alpha value is -2.24. The van der Waals surface area contributed by atoms with Crippen molar-refractivity contribution in [3.63, 3.8) is 0 Å². The number of carboxylic acid groups (broad SMARTS) is 1. The molecule has 2 unspecified atom stereocenters. The lowest BCUT2D eigenvalue weighted by atomic mass is 10.0. The molecule has 0 aliphatic rings. The number of hydrogen-bond donors (Lipinski definition) is 5. The van der Waals surface area contributed by atoms with Crippen LogP contribution in [-0.4, -0.2) is 64.3 Å². The number of carboxylic acids is 1.